The van der Waals surface area contributed by atoms with Crippen LogP contribution in [0, 0.1) is 17.6 Å². The fourth-order valence-corrected chi connectivity index (χ4v) is 3.95. The lowest BCUT2D eigenvalue weighted by Crippen LogP contribution is -2.47. The van der Waals surface area contributed by atoms with Gasteiger partial charge >= 0.3 is 6.18 Å². The summed E-state index contributed by atoms with van der Waals surface area (Å²) >= 11 is 0. The van der Waals surface area contributed by atoms with Crippen LogP contribution in [-0.4, -0.2) is 41.8 Å². The predicted octanol–water partition coefficient (Wildman–Crippen LogP) is 3.55. The molecule has 7 nitrogen and oxygen atoms in total. The van der Waals surface area contributed by atoms with E-state index in [4.69, 9.17) is 15.2 Å². The maximum Gasteiger partial charge on any atom is 0.417 e. The van der Waals surface area contributed by atoms with E-state index >= 15 is 0 Å². The number of hydrogen-bond donors (Lipinski definition) is 2. The molecular formula is C21H20F5N3O4. The van der Waals surface area contributed by atoms with E-state index in [1.54, 1.807) is 0 Å². The molecular weight excluding hydrogens is 453 g/mol. The molecule has 1 fully saturated rings. The molecule has 2 amide bonds. The zero-order chi connectivity index (χ0) is 24.7. The van der Waals surface area contributed by atoms with E-state index in [0.29, 0.717) is 0 Å². The lowest BCUT2D eigenvalue weighted by atomic mass is 9.77. The third-order valence-electron chi connectivity index (χ3n) is 5.87. The highest BCUT2D eigenvalue weighted by Gasteiger charge is 2.66. The lowest BCUT2D eigenvalue weighted by Gasteiger charge is -2.32. The summed E-state index contributed by atoms with van der Waals surface area (Å²) in [6, 6.07) is 4.42. The van der Waals surface area contributed by atoms with Crippen LogP contribution in [0.25, 0.3) is 0 Å². The smallest absolute Gasteiger partial charge is 0.417 e. The van der Waals surface area contributed by atoms with E-state index in [1.807, 2.05) is 0 Å². The number of rotatable bonds is 5. The molecule has 3 N–H and O–H groups in total. The van der Waals surface area contributed by atoms with Crippen LogP contribution in [0.3, 0.4) is 0 Å². The number of nitrogens with one attached hydrogen (secondary N) is 1. The summed E-state index contributed by atoms with van der Waals surface area (Å²) in [5.74, 6) is -8.19. The van der Waals surface area contributed by atoms with Crippen LogP contribution >= 0.6 is 0 Å². The molecule has 0 spiro atoms. The van der Waals surface area contributed by atoms with Crippen molar-refractivity contribution in [3.05, 3.63) is 53.4 Å². The molecule has 0 bridgehead atoms. The molecule has 178 valence electrons. The second kappa shape index (κ2) is 8.58. The van der Waals surface area contributed by atoms with Gasteiger partial charge in [-0.1, -0.05) is 13.0 Å². The van der Waals surface area contributed by atoms with Gasteiger partial charge in [-0.2, -0.15) is 17.6 Å². The number of carbonyl (C=O) groups is 2. The summed E-state index contributed by atoms with van der Waals surface area (Å²) in [5, 5.41) is 2.30. The highest BCUT2D eigenvalue weighted by Crippen LogP contribution is 2.55. The molecule has 2 aromatic rings. The number of hydrogen-bond acceptors (Lipinski definition) is 5. The standard InChI is InChI=1S/C21H20F5N3O4/c1-9-13(10-6-7-11(22)14(23)16(10)32-3)17(33-20(9,2)21(24,25)26)19(31)29-12-5-4-8-28-15(12)18(27)30/h4-9,13,17H,1-3H3,(H2,27,30)(H,29,31)/t9-,13-,17+,20+/m0/s1. The monoisotopic (exact) mass is 473 g/mol. The van der Waals surface area contributed by atoms with E-state index in [9.17, 15) is 31.5 Å². The van der Waals surface area contributed by atoms with Gasteiger partial charge in [0.15, 0.2) is 22.9 Å². The Kier molecular flexibility index (Phi) is 6.33. The number of carbonyl (C=O) groups excluding carboxylic acids is 2. The van der Waals surface area contributed by atoms with E-state index in [0.717, 1.165) is 26.2 Å². The number of ether oxygens (including phenoxy) is 2. The van der Waals surface area contributed by atoms with Gasteiger partial charge < -0.3 is 20.5 Å². The topological polar surface area (TPSA) is 104 Å². The Labute approximate surface area is 185 Å². The van der Waals surface area contributed by atoms with Gasteiger partial charge in [0.05, 0.1) is 12.8 Å². The van der Waals surface area contributed by atoms with Crippen LogP contribution in [0.4, 0.5) is 27.6 Å². The Morgan fingerprint density at radius 2 is 1.91 bits per heavy atom. The molecule has 1 aromatic heterocycles. The lowest BCUT2D eigenvalue weighted by molar-refractivity contribution is -0.272. The second-order valence-corrected chi connectivity index (χ2v) is 7.69. The number of aromatic nitrogens is 1. The third kappa shape index (κ3) is 4.10. The number of pyridine rings is 1. The number of benzene rings is 1. The summed E-state index contributed by atoms with van der Waals surface area (Å²) in [4.78, 5) is 28.4. The Hall–Kier alpha value is -3.28. The van der Waals surface area contributed by atoms with Gasteiger partial charge in [-0.15, -0.1) is 0 Å². The third-order valence-corrected chi connectivity index (χ3v) is 5.87. The molecule has 12 heteroatoms. The van der Waals surface area contributed by atoms with Crippen molar-refractivity contribution in [3.8, 4) is 5.75 Å². The van der Waals surface area contributed by atoms with Gasteiger partial charge in [0, 0.05) is 23.6 Å². The van der Waals surface area contributed by atoms with E-state index < -0.39 is 58.9 Å². The van der Waals surface area contributed by atoms with Crippen molar-refractivity contribution < 1.29 is 41.0 Å². The minimum absolute atomic E-state index is 0.150. The van der Waals surface area contributed by atoms with Gasteiger partial charge in [0.1, 0.15) is 6.10 Å². The number of nitrogens with two attached hydrogens (primary N) is 1. The molecule has 0 aliphatic carbocycles. The molecule has 1 saturated heterocycles. The Bertz CT molecular complexity index is 1090. The summed E-state index contributed by atoms with van der Waals surface area (Å²) in [6.07, 6.45) is -5.48. The molecule has 1 aliphatic rings. The number of alkyl halides is 3. The molecule has 1 aliphatic heterocycles. The zero-order valence-corrected chi connectivity index (χ0v) is 17.7. The fraction of sp³-hybridized carbons (Fsp3) is 0.381. The summed E-state index contributed by atoms with van der Waals surface area (Å²) in [7, 11) is 1.02. The van der Waals surface area contributed by atoms with Gasteiger partial charge in [-0.3, -0.25) is 9.59 Å². The van der Waals surface area contributed by atoms with Crippen LogP contribution in [0.1, 0.15) is 35.8 Å². The van der Waals surface area contributed by atoms with Crippen molar-refractivity contribution in [2.75, 3.05) is 12.4 Å². The summed E-state index contributed by atoms with van der Waals surface area (Å²) in [5.41, 5.74) is 1.76. The maximum absolute atomic E-state index is 14.4. The first-order valence-corrected chi connectivity index (χ1v) is 9.65. The van der Waals surface area contributed by atoms with Gasteiger partial charge in [0.25, 0.3) is 11.8 Å². The van der Waals surface area contributed by atoms with Crippen molar-refractivity contribution in [1.82, 2.24) is 4.98 Å². The summed E-state index contributed by atoms with van der Waals surface area (Å²) in [6.45, 7) is 1.95. The number of halogens is 5. The number of amides is 2. The molecule has 0 saturated carbocycles. The van der Waals surface area contributed by atoms with Crippen LogP contribution < -0.4 is 15.8 Å². The van der Waals surface area contributed by atoms with Gasteiger partial charge in [-0.25, -0.2) is 9.37 Å². The fourth-order valence-electron chi connectivity index (χ4n) is 3.95. The van der Waals surface area contributed by atoms with Crippen LogP contribution in [0.15, 0.2) is 30.5 Å². The molecule has 0 radical (unpaired) electrons. The first kappa shape index (κ1) is 24.4. The van der Waals surface area contributed by atoms with Crippen molar-refractivity contribution in [1.29, 1.82) is 0 Å². The predicted molar refractivity (Wildman–Crippen MR) is 106 cm³/mol. The number of nitrogens with zero attached hydrogens (tertiary/aromatic N) is 1. The molecule has 33 heavy (non-hydrogen) atoms. The molecule has 0 unspecified atom stereocenters. The van der Waals surface area contributed by atoms with Crippen molar-refractivity contribution in [2.24, 2.45) is 11.7 Å². The van der Waals surface area contributed by atoms with Crippen molar-refractivity contribution in [2.45, 2.75) is 37.6 Å². The molecule has 3 rings (SSSR count). The highest BCUT2D eigenvalue weighted by molar-refractivity contribution is 6.03. The molecule has 4 atom stereocenters. The average Bonchev–Trinajstić information content (AvgIpc) is 3.02. The molecule has 1 aromatic carbocycles. The van der Waals surface area contributed by atoms with E-state index in [2.05, 4.69) is 10.3 Å². The van der Waals surface area contributed by atoms with Crippen LogP contribution in [0.2, 0.25) is 0 Å². The second-order valence-electron chi connectivity index (χ2n) is 7.69. The zero-order valence-electron chi connectivity index (χ0n) is 17.7. The van der Waals surface area contributed by atoms with Crippen molar-refractivity contribution in [3.63, 3.8) is 0 Å². The number of methoxy groups -OCH3 is 1. The first-order valence-electron chi connectivity index (χ1n) is 9.65. The van der Waals surface area contributed by atoms with Gasteiger partial charge in [-0.05, 0) is 25.1 Å². The average molecular weight is 473 g/mol. The van der Waals surface area contributed by atoms with Crippen LogP contribution in [-0.2, 0) is 9.53 Å². The SMILES string of the molecule is COc1c([C@H]2[C@H](C(=O)Nc3cccnc3C(N)=O)O[C@@](C)(C(F)(F)F)[C@H]2C)ccc(F)c1F. The minimum atomic E-state index is -4.90. The Morgan fingerprint density at radius 1 is 1.24 bits per heavy atom. The van der Waals surface area contributed by atoms with Gasteiger partial charge in [0.2, 0.25) is 5.82 Å². The van der Waals surface area contributed by atoms with Crippen LogP contribution in [0.5, 0.6) is 5.75 Å². The Morgan fingerprint density at radius 3 is 2.48 bits per heavy atom. The normalized spacial score (nSPS) is 25.0. The number of primary amides is 1. The van der Waals surface area contributed by atoms with E-state index in [1.165, 1.54) is 25.3 Å². The Balaban J connectivity index is 2.11. The number of anilines is 1. The highest BCUT2D eigenvalue weighted by atomic mass is 19.4. The molecule has 2 heterocycles. The minimum Gasteiger partial charge on any atom is -0.493 e. The quantitative estimate of drug-likeness (QED) is 0.647. The largest absolute Gasteiger partial charge is 0.493 e. The summed E-state index contributed by atoms with van der Waals surface area (Å²) < 4.78 is 80.1. The maximum atomic E-state index is 14.4. The first-order chi connectivity index (χ1) is 15.3. The van der Waals surface area contributed by atoms with Crippen molar-refractivity contribution >= 4 is 17.5 Å². The van der Waals surface area contributed by atoms with E-state index in [-0.39, 0.29) is 16.9 Å².